The summed E-state index contributed by atoms with van der Waals surface area (Å²) in [4.78, 5) is 15.7. The van der Waals surface area contributed by atoms with Crippen molar-refractivity contribution in [3.63, 3.8) is 0 Å². The number of nitrogens with zero attached hydrogens (tertiary/aromatic N) is 3. The number of hydrogen-bond acceptors (Lipinski definition) is 4. The summed E-state index contributed by atoms with van der Waals surface area (Å²) in [5, 5.41) is 11.3. The Morgan fingerprint density at radius 1 is 0.283 bits per heavy atom. The molecule has 0 radical (unpaired) electrons. The fourth-order valence-electron chi connectivity index (χ4n) is 7.80. The minimum atomic E-state index is 0.624. The highest BCUT2D eigenvalue weighted by molar-refractivity contribution is 6.13. The first kappa shape index (κ1) is 29.5. The van der Waals surface area contributed by atoms with Gasteiger partial charge in [0.1, 0.15) is 11.2 Å². The van der Waals surface area contributed by atoms with E-state index in [2.05, 4.69) is 158 Å². The normalized spacial score (nSPS) is 11.8. The van der Waals surface area contributed by atoms with Crippen LogP contribution in [-0.2, 0) is 0 Å². The van der Waals surface area contributed by atoms with Crippen molar-refractivity contribution in [1.82, 2.24) is 15.0 Å². The van der Waals surface area contributed by atoms with E-state index in [1.54, 1.807) is 0 Å². The summed E-state index contributed by atoms with van der Waals surface area (Å²) in [6.45, 7) is 0. The van der Waals surface area contributed by atoms with E-state index in [0.29, 0.717) is 17.5 Å². The molecule has 246 valence electrons. The standard InChI is InChI=1S/C49H29N3O/c1-2-10-30(11-3-1)32-20-18-31-19-22-35(25-37(31)24-32)47-50-48(36-23-21-33-29-46-43(28-38(33)26-36)42-16-8-9-17-45(42)53-46)52-49(51-47)44-27-34-12-4-5-13-39(34)40-14-6-7-15-41(40)44/h1-29H. The fourth-order valence-corrected chi connectivity index (χ4v) is 7.80. The molecule has 9 aromatic carbocycles. The van der Waals surface area contributed by atoms with E-state index in [-0.39, 0.29) is 0 Å². The Kier molecular flexibility index (Phi) is 6.52. The van der Waals surface area contributed by atoms with Crippen LogP contribution in [-0.4, -0.2) is 15.0 Å². The molecule has 53 heavy (non-hydrogen) atoms. The third-order valence-electron chi connectivity index (χ3n) is 10.4. The minimum Gasteiger partial charge on any atom is -0.456 e. The van der Waals surface area contributed by atoms with Crippen molar-refractivity contribution in [2.24, 2.45) is 0 Å². The maximum atomic E-state index is 6.20. The lowest BCUT2D eigenvalue weighted by Crippen LogP contribution is -2.01. The minimum absolute atomic E-state index is 0.624. The van der Waals surface area contributed by atoms with Crippen LogP contribution in [0.25, 0.3) is 110 Å². The highest BCUT2D eigenvalue weighted by Gasteiger charge is 2.17. The molecule has 0 unspecified atom stereocenters. The Morgan fingerprint density at radius 3 is 1.66 bits per heavy atom. The van der Waals surface area contributed by atoms with Crippen LogP contribution in [0.3, 0.4) is 0 Å². The number of benzene rings is 9. The van der Waals surface area contributed by atoms with Gasteiger partial charge in [-0.05, 0) is 96.7 Å². The van der Waals surface area contributed by atoms with Gasteiger partial charge in [-0.2, -0.15) is 0 Å². The molecule has 11 aromatic rings. The average Bonchev–Trinajstić information content (AvgIpc) is 3.59. The van der Waals surface area contributed by atoms with Crippen molar-refractivity contribution in [2.45, 2.75) is 0 Å². The molecule has 0 aliphatic heterocycles. The largest absolute Gasteiger partial charge is 0.456 e. The first-order chi connectivity index (χ1) is 26.2. The molecule has 0 atom stereocenters. The summed E-state index contributed by atoms with van der Waals surface area (Å²) in [5.74, 6) is 1.89. The lowest BCUT2D eigenvalue weighted by molar-refractivity contribution is 0.669. The SMILES string of the molecule is c1ccc(-c2ccc3ccc(-c4nc(-c5ccc6cc7oc8ccccc8c7cc6c5)nc(-c5cc6ccccc6c6ccccc56)n4)cc3c2)cc1. The number of fused-ring (bicyclic) bond motifs is 8. The smallest absolute Gasteiger partial charge is 0.164 e. The highest BCUT2D eigenvalue weighted by Crippen LogP contribution is 2.37. The lowest BCUT2D eigenvalue weighted by Gasteiger charge is -2.13. The predicted octanol–water partition coefficient (Wildman–Crippen LogP) is 13.1. The number of rotatable bonds is 4. The van der Waals surface area contributed by atoms with Gasteiger partial charge >= 0.3 is 0 Å². The van der Waals surface area contributed by atoms with Gasteiger partial charge in [-0.15, -0.1) is 0 Å². The third kappa shape index (κ3) is 4.95. The van der Waals surface area contributed by atoms with E-state index in [1.807, 2.05) is 18.2 Å². The first-order valence-corrected chi connectivity index (χ1v) is 17.8. The van der Waals surface area contributed by atoms with Gasteiger partial charge in [0.15, 0.2) is 17.5 Å². The van der Waals surface area contributed by atoms with Crippen molar-refractivity contribution < 1.29 is 4.42 Å². The molecule has 0 saturated carbocycles. The maximum Gasteiger partial charge on any atom is 0.164 e. The van der Waals surface area contributed by atoms with Crippen LogP contribution in [0.4, 0.5) is 0 Å². The van der Waals surface area contributed by atoms with Gasteiger partial charge in [0.05, 0.1) is 0 Å². The second-order valence-corrected chi connectivity index (χ2v) is 13.6. The van der Waals surface area contributed by atoms with Crippen LogP contribution in [0, 0.1) is 0 Å². The van der Waals surface area contributed by atoms with Gasteiger partial charge in [-0.25, -0.2) is 15.0 Å². The quantitative estimate of drug-likeness (QED) is 0.174. The summed E-state index contributed by atoms with van der Waals surface area (Å²) < 4.78 is 6.20. The van der Waals surface area contributed by atoms with Crippen LogP contribution < -0.4 is 0 Å². The molecule has 2 aromatic heterocycles. The van der Waals surface area contributed by atoms with Crippen LogP contribution in [0.2, 0.25) is 0 Å². The molecule has 11 rings (SSSR count). The summed E-state index contributed by atoms with van der Waals surface area (Å²) in [5.41, 5.74) is 6.96. The molecular weight excluding hydrogens is 647 g/mol. The molecule has 0 spiro atoms. The molecule has 0 fully saturated rings. The van der Waals surface area contributed by atoms with Gasteiger partial charge in [-0.3, -0.25) is 0 Å². The zero-order valence-electron chi connectivity index (χ0n) is 28.5. The second kappa shape index (κ2) is 11.7. The third-order valence-corrected chi connectivity index (χ3v) is 10.4. The van der Waals surface area contributed by atoms with Crippen LogP contribution >= 0.6 is 0 Å². The van der Waals surface area contributed by atoms with Gasteiger partial charge in [0, 0.05) is 27.5 Å². The average molecular weight is 676 g/mol. The molecule has 0 amide bonds. The zero-order chi connectivity index (χ0) is 34.9. The van der Waals surface area contributed by atoms with E-state index in [0.717, 1.165) is 70.9 Å². The Bertz CT molecular complexity index is 3240. The van der Waals surface area contributed by atoms with E-state index >= 15 is 0 Å². The Labute approximate surface area is 304 Å². The summed E-state index contributed by atoms with van der Waals surface area (Å²) in [6.07, 6.45) is 0. The van der Waals surface area contributed by atoms with Gasteiger partial charge in [0.2, 0.25) is 0 Å². The molecule has 2 heterocycles. The molecule has 0 saturated heterocycles. The Morgan fingerprint density at radius 2 is 0.868 bits per heavy atom. The predicted molar refractivity (Wildman–Crippen MR) is 219 cm³/mol. The van der Waals surface area contributed by atoms with E-state index < -0.39 is 0 Å². The van der Waals surface area contributed by atoms with E-state index in [1.165, 1.54) is 21.9 Å². The number of para-hydroxylation sites is 1. The molecule has 0 bridgehead atoms. The van der Waals surface area contributed by atoms with Gasteiger partial charge < -0.3 is 4.42 Å². The highest BCUT2D eigenvalue weighted by atomic mass is 16.3. The van der Waals surface area contributed by atoms with Gasteiger partial charge in [-0.1, -0.05) is 133 Å². The number of aromatic nitrogens is 3. The van der Waals surface area contributed by atoms with Crippen molar-refractivity contribution in [3.8, 4) is 45.3 Å². The molecule has 4 heteroatoms. The molecule has 0 N–H and O–H groups in total. The number of hydrogen-bond donors (Lipinski definition) is 0. The van der Waals surface area contributed by atoms with Crippen molar-refractivity contribution in [2.75, 3.05) is 0 Å². The van der Waals surface area contributed by atoms with E-state index in [9.17, 15) is 0 Å². The van der Waals surface area contributed by atoms with Gasteiger partial charge in [0.25, 0.3) is 0 Å². The van der Waals surface area contributed by atoms with E-state index in [4.69, 9.17) is 19.4 Å². The Hall–Kier alpha value is -7.17. The summed E-state index contributed by atoms with van der Waals surface area (Å²) in [7, 11) is 0. The van der Waals surface area contributed by atoms with Crippen LogP contribution in [0.15, 0.2) is 180 Å². The summed E-state index contributed by atoms with van der Waals surface area (Å²) >= 11 is 0. The molecule has 4 nitrogen and oxygen atoms in total. The first-order valence-electron chi connectivity index (χ1n) is 17.8. The van der Waals surface area contributed by atoms with Crippen LogP contribution in [0.1, 0.15) is 0 Å². The maximum absolute atomic E-state index is 6.20. The Balaban J connectivity index is 1.14. The molecular formula is C49H29N3O. The monoisotopic (exact) mass is 675 g/mol. The molecule has 0 aliphatic rings. The number of furan rings is 1. The lowest BCUT2D eigenvalue weighted by atomic mass is 9.96. The molecule has 0 aliphatic carbocycles. The van der Waals surface area contributed by atoms with Crippen molar-refractivity contribution >= 4 is 65.0 Å². The van der Waals surface area contributed by atoms with Crippen molar-refractivity contribution in [1.29, 1.82) is 0 Å². The van der Waals surface area contributed by atoms with Crippen molar-refractivity contribution in [3.05, 3.63) is 176 Å². The topological polar surface area (TPSA) is 51.8 Å². The zero-order valence-corrected chi connectivity index (χ0v) is 28.5. The fraction of sp³-hybridized carbons (Fsp3) is 0. The second-order valence-electron chi connectivity index (χ2n) is 13.6. The summed E-state index contributed by atoms with van der Waals surface area (Å²) in [6, 6.07) is 61.8. The van der Waals surface area contributed by atoms with Crippen LogP contribution in [0.5, 0.6) is 0 Å².